The molecule has 1 unspecified atom stereocenters. The average Bonchev–Trinajstić information content (AvgIpc) is 3.50. The van der Waals surface area contributed by atoms with E-state index in [1.807, 2.05) is 73.5 Å². The van der Waals surface area contributed by atoms with Crippen LogP contribution in [0.25, 0.3) is 11.1 Å². The molecule has 3 aromatic rings. The molecule has 2 amide bonds. The van der Waals surface area contributed by atoms with Gasteiger partial charge in [-0.25, -0.2) is 4.79 Å². The molecule has 3 atom stereocenters. The Morgan fingerprint density at radius 3 is 2.15 bits per heavy atom. The summed E-state index contributed by atoms with van der Waals surface area (Å²) in [5.74, 6) is -2.10. The quantitative estimate of drug-likeness (QED) is 0.421. The SMILES string of the molecule is C[C@@H]1CN(C(=O)C(CN(C)Cc2ccccc2)NC(=O)OCC2c3ccccc3-c3ccccc32)C[C@H]1C(=O)O. The summed E-state index contributed by atoms with van der Waals surface area (Å²) in [4.78, 5) is 41.9. The molecule has 40 heavy (non-hydrogen) atoms. The third-order valence-electron chi connectivity index (χ3n) is 7.96. The maximum atomic E-state index is 13.6. The van der Waals surface area contributed by atoms with Gasteiger partial charge in [0.05, 0.1) is 5.92 Å². The van der Waals surface area contributed by atoms with Gasteiger partial charge in [0.25, 0.3) is 0 Å². The number of fused-ring (bicyclic) bond motifs is 3. The molecule has 1 heterocycles. The van der Waals surface area contributed by atoms with Crippen LogP contribution in [0.5, 0.6) is 0 Å². The van der Waals surface area contributed by atoms with E-state index in [4.69, 9.17) is 4.74 Å². The first-order chi connectivity index (χ1) is 19.3. The van der Waals surface area contributed by atoms with Gasteiger partial charge in [-0.05, 0) is 40.8 Å². The van der Waals surface area contributed by atoms with Gasteiger partial charge in [-0.3, -0.25) is 14.5 Å². The summed E-state index contributed by atoms with van der Waals surface area (Å²) < 4.78 is 5.73. The Kier molecular flexibility index (Phi) is 8.16. The Hall–Kier alpha value is -4.17. The van der Waals surface area contributed by atoms with Gasteiger partial charge in [0.15, 0.2) is 0 Å². The number of carbonyl (C=O) groups is 3. The number of rotatable bonds is 9. The lowest BCUT2D eigenvalue weighted by atomic mass is 9.98. The molecule has 3 aromatic carbocycles. The maximum absolute atomic E-state index is 13.6. The van der Waals surface area contributed by atoms with Gasteiger partial charge in [-0.15, -0.1) is 0 Å². The van der Waals surface area contributed by atoms with Crippen molar-refractivity contribution in [3.05, 3.63) is 95.6 Å². The van der Waals surface area contributed by atoms with Crippen molar-refractivity contribution in [2.75, 3.05) is 33.3 Å². The number of nitrogens with one attached hydrogen (secondary N) is 1. The van der Waals surface area contributed by atoms with Crippen molar-refractivity contribution in [1.29, 1.82) is 0 Å². The van der Waals surface area contributed by atoms with Crippen molar-refractivity contribution in [3.8, 4) is 11.1 Å². The lowest BCUT2D eigenvalue weighted by Gasteiger charge is -2.28. The first kappa shape index (κ1) is 27.4. The molecule has 0 aromatic heterocycles. The fourth-order valence-electron chi connectivity index (χ4n) is 5.93. The summed E-state index contributed by atoms with van der Waals surface area (Å²) in [7, 11) is 1.89. The minimum Gasteiger partial charge on any atom is -0.481 e. The molecule has 0 bridgehead atoms. The highest BCUT2D eigenvalue weighted by Crippen LogP contribution is 2.44. The second-order valence-corrected chi connectivity index (χ2v) is 10.9. The molecule has 8 heteroatoms. The molecule has 8 nitrogen and oxygen atoms in total. The Balaban J connectivity index is 1.28. The number of aliphatic carboxylic acids is 1. The summed E-state index contributed by atoms with van der Waals surface area (Å²) in [5.41, 5.74) is 5.57. The zero-order valence-electron chi connectivity index (χ0n) is 22.8. The fourth-order valence-corrected chi connectivity index (χ4v) is 5.93. The van der Waals surface area contributed by atoms with Crippen LogP contribution in [0.4, 0.5) is 4.79 Å². The van der Waals surface area contributed by atoms with Crippen molar-refractivity contribution in [1.82, 2.24) is 15.1 Å². The topological polar surface area (TPSA) is 99.2 Å². The molecule has 1 saturated heterocycles. The number of ether oxygens (including phenoxy) is 1. The van der Waals surface area contributed by atoms with E-state index in [0.717, 1.165) is 27.8 Å². The van der Waals surface area contributed by atoms with Gasteiger partial charge in [0.2, 0.25) is 5.91 Å². The van der Waals surface area contributed by atoms with Crippen LogP contribution < -0.4 is 5.32 Å². The number of likely N-dealkylation sites (N-methyl/N-ethyl adjacent to an activating group) is 1. The van der Waals surface area contributed by atoms with Gasteiger partial charge < -0.3 is 20.1 Å². The molecular weight excluding hydrogens is 506 g/mol. The molecule has 5 rings (SSSR count). The first-order valence-electron chi connectivity index (χ1n) is 13.7. The molecular formula is C32H35N3O5. The van der Waals surface area contributed by atoms with E-state index in [1.54, 1.807) is 4.90 Å². The zero-order valence-corrected chi connectivity index (χ0v) is 22.8. The van der Waals surface area contributed by atoms with Gasteiger partial charge in [-0.1, -0.05) is 85.8 Å². The van der Waals surface area contributed by atoms with Gasteiger partial charge in [0.1, 0.15) is 12.6 Å². The number of hydrogen-bond donors (Lipinski definition) is 2. The summed E-state index contributed by atoms with van der Waals surface area (Å²) in [6, 6.07) is 25.2. The van der Waals surface area contributed by atoms with Crippen molar-refractivity contribution < 1.29 is 24.2 Å². The third kappa shape index (κ3) is 5.87. The molecule has 0 spiro atoms. The normalized spacial score (nSPS) is 18.7. The van der Waals surface area contributed by atoms with Gasteiger partial charge >= 0.3 is 12.1 Å². The summed E-state index contributed by atoms with van der Waals surface area (Å²) in [6.07, 6.45) is -0.671. The van der Waals surface area contributed by atoms with Gasteiger partial charge in [0, 0.05) is 32.1 Å². The molecule has 1 aliphatic heterocycles. The van der Waals surface area contributed by atoms with Crippen molar-refractivity contribution >= 4 is 18.0 Å². The Bertz CT molecular complexity index is 1330. The van der Waals surface area contributed by atoms with Crippen LogP contribution in [0.15, 0.2) is 78.9 Å². The lowest BCUT2D eigenvalue weighted by molar-refractivity contribution is -0.142. The predicted molar refractivity (Wildman–Crippen MR) is 152 cm³/mol. The van der Waals surface area contributed by atoms with E-state index in [9.17, 15) is 19.5 Å². The Morgan fingerprint density at radius 1 is 0.950 bits per heavy atom. The Labute approximate surface area is 234 Å². The standard InChI is InChI=1S/C32H35N3O5/c1-21-16-35(18-27(21)31(37)38)30(36)29(19-34(2)17-22-10-4-3-5-11-22)33-32(39)40-20-28-25-14-8-6-12-23(25)24-13-7-9-15-26(24)28/h3-15,21,27-29H,16-20H2,1-2H3,(H,33,39)(H,37,38)/t21-,27-,29?/m1/s1. The van der Waals surface area contributed by atoms with E-state index >= 15 is 0 Å². The van der Waals surface area contributed by atoms with Gasteiger partial charge in [-0.2, -0.15) is 0 Å². The largest absolute Gasteiger partial charge is 0.481 e. The van der Waals surface area contributed by atoms with Crippen LogP contribution in [0.2, 0.25) is 0 Å². The third-order valence-corrected chi connectivity index (χ3v) is 7.96. The highest BCUT2D eigenvalue weighted by molar-refractivity contribution is 5.87. The summed E-state index contributed by atoms with van der Waals surface area (Å²) in [5, 5.41) is 12.4. The van der Waals surface area contributed by atoms with Crippen LogP contribution in [-0.4, -0.2) is 72.2 Å². The van der Waals surface area contributed by atoms with Crippen LogP contribution in [0.3, 0.4) is 0 Å². The first-order valence-corrected chi connectivity index (χ1v) is 13.7. The number of amides is 2. The lowest BCUT2D eigenvalue weighted by Crippen LogP contribution is -2.53. The molecule has 208 valence electrons. The van der Waals surface area contributed by atoms with Crippen LogP contribution in [-0.2, 0) is 20.9 Å². The number of carbonyl (C=O) groups excluding carboxylic acids is 2. The number of carboxylic acids is 1. The van der Waals surface area contributed by atoms with Crippen molar-refractivity contribution in [2.24, 2.45) is 11.8 Å². The number of nitrogens with zero attached hydrogens (tertiary/aromatic N) is 2. The monoisotopic (exact) mass is 541 g/mol. The second kappa shape index (κ2) is 11.9. The molecule has 1 fully saturated rings. The van der Waals surface area contributed by atoms with Crippen LogP contribution in [0, 0.1) is 11.8 Å². The van der Waals surface area contributed by atoms with E-state index in [2.05, 4.69) is 29.6 Å². The van der Waals surface area contributed by atoms with E-state index in [0.29, 0.717) is 13.1 Å². The molecule has 0 saturated carbocycles. The van der Waals surface area contributed by atoms with Crippen LogP contribution in [0.1, 0.15) is 29.5 Å². The molecule has 2 aliphatic rings. The predicted octanol–water partition coefficient (Wildman–Crippen LogP) is 4.20. The molecule has 1 aliphatic carbocycles. The fraction of sp³-hybridized carbons (Fsp3) is 0.344. The number of alkyl carbamates (subject to hydrolysis) is 1. The van der Waals surface area contributed by atoms with E-state index in [1.165, 1.54) is 0 Å². The minimum absolute atomic E-state index is 0.0937. The van der Waals surface area contributed by atoms with E-state index < -0.39 is 24.0 Å². The molecule has 2 N–H and O–H groups in total. The minimum atomic E-state index is -0.912. The smallest absolute Gasteiger partial charge is 0.407 e. The van der Waals surface area contributed by atoms with Crippen LogP contribution >= 0.6 is 0 Å². The number of likely N-dealkylation sites (tertiary alicyclic amines) is 1. The number of hydrogen-bond acceptors (Lipinski definition) is 5. The van der Waals surface area contributed by atoms with Crippen molar-refractivity contribution in [3.63, 3.8) is 0 Å². The van der Waals surface area contributed by atoms with E-state index in [-0.39, 0.29) is 37.4 Å². The summed E-state index contributed by atoms with van der Waals surface area (Å²) in [6.45, 7) is 3.28. The van der Waals surface area contributed by atoms with Crippen molar-refractivity contribution in [2.45, 2.75) is 25.4 Å². The maximum Gasteiger partial charge on any atom is 0.407 e. The highest BCUT2D eigenvalue weighted by atomic mass is 16.5. The Morgan fingerprint density at radius 2 is 1.55 bits per heavy atom. The number of carboxylic acid groups (broad SMARTS) is 1. The summed E-state index contributed by atoms with van der Waals surface area (Å²) >= 11 is 0. The zero-order chi connectivity index (χ0) is 28.2. The molecule has 0 radical (unpaired) electrons. The highest BCUT2D eigenvalue weighted by Gasteiger charge is 2.40. The average molecular weight is 542 g/mol. The second-order valence-electron chi connectivity index (χ2n) is 10.9. The number of benzene rings is 3.